The summed E-state index contributed by atoms with van der Waals surface area (Å²) in [6.07, 6.45) is -1.68. The van der Waals surface area contributed by atoms with Crippen molar-refractivity contribution in [3.05, 3.63) is 66.5 Å². The van der Waals surface area contributed by atoms with Crippen LogP contribution in [0.2, 0.25) is 0 Å². The highest BCUT2D eigenvalue weighted by Gasteiger charge is 2.61. The first-order valence-corrected chi connectivity index (χ1v) is 9.75. The van der Waals surface area contributed by atoms with Gasteiger partial charge in [-0.2, -0.15) is 23.3 Å². The molecular formula is C22H20F3N5O3. The fourth-order valence-electron chi connectivity index (χ4n) is 3.58. The van der Waals surface area contributed by atoms with Crippen LogP contribution in [0.5, 0.6) is 6.01 Å². The fraction of sp³-hybridized carbons (Fsp3) is 0.227. The van der Waals surface area contributed by atoms with Crippen molar-refractivity contribution in [3.63, 3.8) is 0 Å². The molecule has 1 unspecified atom stereocenters. The fourth-order valence-corrected chi connectivity index (χ4v) is 3.58. The van der Waals surface area contributed by atoms with Crippen molar-refractivity contribution in [2.75, 3.05) is 14.2 Å². The van der Waals surface area contributed by atoms with E-state index in [1.165, 1.54) is 25.3 Å². The number of ether oxygens (including phenoxy) is 2. The van der Waals surface area contributed by atoms with E-state index in [4.69, 9.17) is 9.47 Å². The molecule has 1 amide bonds. The van der Waals surface area contributed by atoms with E-state index < -0.39 is 17.9 Å². The van der Waals surface area contributed by atoms with Gasteiger partial charge in [0.15, 0.2) is 0 Å². The van der Waals surface area contributed by atoms with Crippen molar-refractivity contribution < 1.29 is 27.4 Å². The van der Waals surface area contributed by atoms with Crippen LogP contribution in [-0.4, -0.2) is 45.6 Å². The first kappa shape index (κ1) is 22.3. The molecule has 0 spiro atoms. The summed E-state index contributed by atoms with van der Waals surface area (Å²) in [5, 5.41) is 6.11. The molecule has 0 saturated heterocycles. The Bertz CT molecular complexity index is 1300. The van der Waals surface area contributed by atoms with Crippen LogP contribution >= 0.6 is 0 Å². The van der Waals surface area contributed by atoms with Gasteiger partial charge < -0.3 is 9.47 Å². The summed E-state index contributed by atoms with van der Waals surface area (Å²) in [5.41, 5.74) is 1.76. The van der Waals surface area contributed by atoms with Gasteiger partial charge in [-0.1, -0.05) is 24.3 Å². The average Bonchev–Trinajstić information content (AvgIpc) is 3.40. The second-order valence-electron chi connectivity index (χ2n) is 7.21. The summed E-state index contributed by atoms with van der Waals surface area (Å²) in [6, 6.07) is 11.9. The van der Waals surface area contributed by atoms with E-state index in [9.17, 15) is 18.0 Å². The lowest BCUT2D eigenvalue weighted by Crippen LogP contribution is -2.61. The predicted molar refractivity (Wildman–Crippen MR) is 113 cm³/mol. The molecule has 0 aliphatic rings. The number of amides is 1. The number of methoxy groups -OCH3 is 2. The number of aromatic nitrogens is 4. The molecule has 0 aliphatic heterocycles. The highest BCUT2D eigenvalue weighted by molar-refractivity contribution is 5.94. The van der Waals surface area contributed by atoms with Gasteiger partial charge in [0.1, 0.15) is 0 Å². The van der Waals surface area contributed by atoms with Gasteiger partial charge in [0.2, 0.25) is 0 Å². The number of rotatable bonds is 6. The number of nitrogens with one attached hydrogen (secondary N) is 1. The Labute approximate surface area is 186 Å². The van der Waals surface area contributed by atoms with Crippen molar-refractivity contribution in [1.82, 2.24) is 24.6 Å². The van der Waals surface area contributed by atoms with Crippen LogP contribution in [0.3, 0.4) is 0 Å². The van der Waals surface area contributed by atoms with Crippen molar-refractivity contribution in [3.8, 4) is 17.1 Å². The van der Waals surface area contributed by atoms with Gasteiger partial charge in [0.25, 0.3) is 5.91 Å². The predicted octanol–water partition coefficient (Wildman–Crippen LogP) is 3.69. The number of hydrogen-bond acceptors (Lipinski definition) is 5. The molecule has 0 radical (unpaired) electrons. The summed E-state index contributed by atoms with van der Waals surface area (Å²) >= 11 is 0. The summed E-state index contributed by atoms with van der Waals surface area (Å²) < 4.78 is 56.1. The van der Waals surface area contributed by atoms with E-state index >= 15 is 0 Å². The van der Waals surface area contributed by atoms with Crippen molar-refractivity contribution in [1.29, 1.82) is 0 Å². The molecule has 1 N–H and O–H groups in total. The molecule has 1 atom stereocenters. The zero-order valence-electron chi connectivity index (χ0n) is 17.9. The normalized spacial score (nSPS) is 13.6. The Hall–Kier alpha value is -3.86. The molecular weight excluding hydrogens is 439 g/mol. The van der Waals surface area contributed by atoms with E-state index in [2.05, 4.69) is 10.1 Å². The lowest BCUT2D eigenvalue weighted by atomic mass is 10.1. The van der Waals surface area contributed by atoms with Crippen molar-refractivity contribution in [2.24, 2.45) is 7.05 Å². The number of benzene rings is 2. The van der Waals surface area contributed by atoms with E-state index in [0.717, 1.165) is 12.7 Å². The second-order valence-corrected chi connectivity index (χ2v) is 7.21. The largest absolute Gasteiger partial charge is 0.468 e. The number of carbonyl (C=O) groups is 1. The molecule has 0 bridgehead atoms. The molecule has 2 aromatic heterocycles. The third kappa shape index (κ3) is 3.80. The number of alkyl halides is 3. The number of halogens is 3. The summed E-state index contributed by atoms with van der Waals surface area (Å²) in [5.74, 6) is -4.26. The monoisotopic (exact) mass is 459 g/mol. The van der Waals surface area contributed by atoms with Gasteiger partial charge in [-0.25, -0.2) is 4.57 Å². The van der Waals surface area contributed by atoms with Crippen LogP contribution in [0.15, 0.2) is 60.9 Å². The molecule has 2 heterocycles. The maximum absolute atomic E-state index is 14.6. The highest BCUT2D eigenvalue weighted by atomic mass is 19.4. The molecule has 4 rings (SSSR count). The number of aryl methyl sites for hydroxylation is 1. The van der Waals surface area contributed by atoms with E-state index in [1.807, 2.05) is 5.32 Å². The van der Waals surface area contributed by atoms with Gasteiger partial charge in [-0.05, 0) is 29.8 Å². The number of nitrogens with zero attached hydrogens (tertiary/aromatic N) is 4. The van der Waals surface area contributed by atoms with Crippen LogP contribution in [0.4, 0.5) is 13.2 Å². The molecule has 0 saturated carbocycles. The second kappa shape index (κ2) is 8.24. The van der Waals surface area contributed by atoms with Gasteiger partial charge in [0, 0.05) is 31.5 Å². The topological polar surface area (TPSA) is 83.2 Å². The Kier molecular flexibility index (Phi) is 5.58. The minimum Gasteiger partial charge on any atom is -0.468 e. The van der Waals surface area contributed by atoms with E-state index in [-0.39, 0.29) is 22.6 Å². The van der Waals surface area contributed by atoms with Crippen LogP contribution in [0, 0.1) is 0 Å². The van der Waals surface area contributed by atoms with Crippen molar-refractivity contribution in [2.45, 2.75) is 12.0 Å². The van der Waals surface area contributed by atoms with Crippen LogP contribution in [-0.2, 0) is 17.6 Å². The van der Waals surface area contributed by atoms with Crippen molar-refractivity contribution >= 4 is 16.9 Å². The number of hydrogen-bond donors (Lipinski definition) is 1. The zero-order valence-corrected chi connectivity index (χ0v) is 17.9. The van der Waals surface area contributed by atoms with Gasteiger partial charge >= 0.3 is 18.0 Å². The molecule has 2 aromatic carbocycles. The first-order valence-electron chi connectivity index (χ1n) is 9.75. The first-order chi connectivity index (χ1) is 15.7. The van der Waals surface area contributed by atoms with Crippen LogP contribution < -0.4 is 10.1 Å². The van der Waals surface area contributed by atoms with Crippen LogP contribution in [0.1, 0.15) is 10.4 Å². The highest BCUT2D eigenvalue weighted by Crippen LogP contribution is 2.41. The Morgan fingerprint density at radius 1 is 1.06 bits per heavy atom. The van der Waals surface area contributed by atoms with Gasteiger partial charge in [-0.15, -0.1) is 0 Å². The quantitative estimate of drug-likeness (QED) is 0.445. The minimum atomic E-state index is -5.07. The third-order valence-electron chi connectivity index (χ3n) is 5.16. The molecule has 0 aliphatic carbocycles. The summed E-state index contributed by atoms with van der Waals surface area (Å²) in [6.45, 7) is 0. The van der Waals surface area contributed by atoms with Gasteiger partial charge in [-0.3, -0.25) is 14.8 Å². The lowest BCUT2D eigenvalue weighted by molar-refractivity contribution is -0.317. The minimum absolute atomic E-state index is 0.0328. The van der Waals surface area contributed by atoms with E-state index in [1.54, 1.807) is 54.5 Å². The maximum Gasteiger partial charge on any atom is 0.459 e. The standard InChI is InChI=1S/C22H20F3N5O3/c1-29-13-16(12-26-29)15-9-10-18-17(11-15)27-20(32-2)30(18)22(33-3,21(23,24)25)28-19(31)14-7-5-4-6-8-14/h4-13H,1-3H3,(H,28,31). The number of fused-ring (bicyclic) bond motifs is 1. The average molecular weight is 459 g/mol. The molecule has 172 valence electrons. The van der Waals surface area contributed by atoms with Gasteiger partial charge in [0.05, 0.1) is 24.3 Å². The number of imidazole rings is 1. The third-order valence-corrected chi connectivity index (χ3v) is 5.16. The van der Waals surface area contributed by atoms with E-state index in [0.29, 0.717) is 10.1 Å². The Morgan fingerprint density at radius 3 is 2.36 bits per heavy atom. The Morgan fingerprint density at radius 2 is 1.79 bits per heavy atom. The van der Waals surface area contributed by atoms with Crippen LogP contribution in [0.25, 0.3) is 22.2 Å². The molecule has 4 aromatic rings. The summed E-state index contributed by atoms with van der Waals surface area (Å²) in [7, 11) is 3.80. The molecule has 0 fully saturated rings. The lowest BCUT2D eigenvalue weighted by Gasteiger charge is -2.36. The summed E-state index contributed by atoms with van der Waals surface area (Å²) in [4.78, 5) is 17.0. The zero-order chi connectivity index (χ0) is 23.8. The maximum atomic E-state index is 14.6. The molecule has 11 heteroatoms. The smallest absolute Gasteiger partial charge is 0.459 e. The molecule has 33 heavy (non-hydrogen) atoms. The Balaban J connectivity index is 1.89. The SMILES string of the molecule is COc1nc2cc(-c3cnn(C)c3)ccc2n1C(NC(=O)c1ccccc1)(OC)C(F)(F)F. The number of carbonyl (C=O) groups excluding carboxylic acids is 1. The molecule has 8 nitrogen and oxygen atoms in total.